The summed E-state index contributed by atoms with van der Waals surface area (Å²) in [6, 6.07) is 8.61. The highest BCUT2D eigenvalue weighted by Crippen LogP contribution is 2.40. The first-order valence-corrected chi connectivity index (χ1v) is 8.23. The number of carbonyl (C=O) groups is 2. The van der Waals surface area contributed by atoms with Gasteiger partial charge in [0.2, 0.25) is 5.75 Å². The summed E-state index contributed by atoms with van der Waals surface area (Å²) in [6.45, 7) is 2.11. The Bertz CT molecular complexity index is 852. The fourth-order valence-corrected chi connectivity index (χ4v) is 2.47. The maximum absolute atomic E-state index is 13.6. The number of methoxy groups -OCH3 is 1. The molecule has 0 bridgehead atoms. The van der Waals surface area contributed by atoms with Crippen molar-refractivity contribution in [2.45, 2.75) is 13.0 Å². The van der Waals surface area contributed by atoms with E-state index in [4.69, 9.17) is 18.9 Å². The van der Waals surface area contributed by atoms with Crippen LogP contribution in [0.15, 0.2) is 36.4 Å². The normalized spacial score (nSPS) is 13.4. The number of amides is 1. The molecule has 1 N–H and O–H groups in total. The molecule has 0 fully saturated rings. The minimum Gasteiger partial charge on any atom is -0.493 e. The Balaban J connectivity index is 1.71. The summed E-state index contributed by atoms with van der Waals surface area (Å²) < 4.78 is 35.0. The molecule has 8 heteroatoms. The second-order valence-corrected chi connectivity index (χ2v) is 5.72. The van der Waals surface area contributed by atoms with Gasteiger partial charge < -0.3 is 24.3 Å². The van der Waals surface area contributed by atoms with Crippen LogP contribution in [0.3, 0.4) is 0 Å². The molecule has 1 aliphatic heterocycles. The van der Waals surface area contributed by atoms with Gasteiger partial charge in [-0.2, -0.15) is 0 Å². The lowest BCUT2D eigenvalue weighted by Gasteiger charge is -2.21. The van der Waals surface area contributed by atoms with Crippen molar-refractivity contribution in [1.29, 1.82) is 0 Å². The van der Waals surface area contributed by atoms with E-state index in [-0.39, 0.29) is 11.3 Å². The van der Waals surface area contributed by atoms with Crippen LogP contribution in [-0.2, 0) is 9.53 Å². The molecule has 1 heterocycles. The molecular weight excluding hydrogens is 357 g/mol. The van der Waals surface area contributed by atoms with E-state index in [1.54, 1.807) is 6.07 Å². The highest BCUT2D eigenvalue weighted by molar-refractivity contribution is 5.97. The number of hydrogen-bond acceptors (Lipinski definition) is 6. The van der Waals surface area contributed by atoms with Gasteiger partial charge in [-0.3, -0.25) is 4.79 Å². The summed E-state index contributed by atoms with van der Waals surface area (Å²) in [6.07, 6.45) is -1.14. The second-order valence-electron chi connectivity index (χ2n) is 5.72. The van der Waals surface area contributed by atoms with Gasteiger partial charge in [-0.1, -0.05) is 12.1 Å². The van der Waals surface area contributed by atoms with Gasteiger partial charge in [0.05, 0.1) is 18.4 Å². The molecule has 1 atom stereocenters. The van der Waals surface area contributed by atoms with Gasteiger partial charge in [0.25, 0.3) is 5.91 Å². The zero-order chi connectivity index (χ0) is 19.4. The largest absolute Gasteiger partial charge is 0.493 e. The topological polar surface area (TPSA) is 83.1 Å². The molecule has 2 aromatic rings. The molecule has 3 rings (SSSR count). The summed E-state index contributed by atoms with van der Waals surface area (Å²) in [7, 11) is 1.44. The van der Waals surface area contributed by atoms with Crippen LogP contribution in [0.1, 0.15) is 17.3 Å². The predicted molar refractivity (Wildman–Crippen MR) is 93.9 cm³/mol. The van der Waals surface area contributed by atoms with E-state index in [9.17, 15) is 14.0 Å². The molecule has 0 aromatic heterocycles. The monoisotopic (exact) mass is 375 g/mol. The summed E-state index contributed by atoms with van der Waals surface area (Å²) >= 11 is 0. The molecule has 7 nitrogen and oxygen atoms in total. The van der Waals surface area contributed by atoms with E-state index in [1.807, 2.05) is 0 Å². The molecule has 0 radical (unpaired) electrons. The van der Waals surface area contributed by atoms with Crippen LogP contribution in [0.4, 0.5) is 10.1 Å². The molecular formula is C19H18FNO6. The average molecular weight is 375 g/mol. The number of para-hydroxylation sites is 1. The molecule has 0 aliphatic carbocycles. The van der Waals surface area contributed by atoms with E-state index < -0.39 is 23.8 Å². The number of carbonyl (C=O) groups excluding carboxylic acids is 2. The van der Waals surface area contributed by atoms with Crippen LogP contribution in [-0.4, -0.2) is 38.3 Å². The van der Waals surface area contributed by atoms with Crippen molar-refractivity contribution in [3.63, 3.8) is 0 Å². The Morgan fingerprint density at radius 3 is 2.67 bits per heavy atom. The fraction of sp³-hybridized carbons (Fsp3) is 0.263. The van der Waals surface area contributed by atoms with Gasteiger partial charge in [0.1, 0.15) is 19.0 Å². The fourth-order valence-electron chi connectivity index (χ4n) is 2.47. The average Bonchev–Trinajstić information content (AvgIpc) is 2.68. The number of rotatable bonds is 5. The Kier molecular flexibility index (Phi) is 5.44. The van der Waals surface area contributed by atoms with Crippen LogP contribution in [0, 0.1) is 5.82 Å². The molecule has 27 heavy (non-hydrogen) atoms. The third-order valence-corrected chi connectivity index (χ3v) is 3.85. The molecule has 2 aromatic carbocycles. The van der Waals surface area contributed by atoms with Crippen molar-refractivity contribution < 1.29 is 32.9 Å². The number of ether oxygens (including phenoxy) is 4. The van der Waals surface area contributed by atoms with Crippen molar-refractivity contribution >= 4 is 17.6 Å². The molecule has 1 unspecified atom stereocenters. The van der Waals surface area contributed by atoms with E-state index >= 15 is 0 Å². The summed E-state index contributed by atoms with van der Waals surface area (Å²) in [5.41, 5.74) is 0.146. The number of hydrogen-bond donors (Lipinski definition) is 1. The van der Waals surface area contributed by atoms with E-state index in [0.29, 0.717) is 30.5 Å². The third kappa shape index (κ3) is 4.11. The SMILES string of the molecule is COc1cc(C(=O)OC(C)C(=O)Nc2ccccc2F)cc2c1OCCO2. The standard InChI is InChI=1S/C19H18FNO6/c1-11(18(22)21-14-6-4-3-5-13(14)20)27-19(23)12-9-15(24-2)17-16(10-12)25-7-8-26-17/h3-6,9-11H,7-8H2,1-2H3,(H,21,22). The third-order valence-electron chi connectivity index (χ3n) is 3.85. The second kappa shape index (κ2) is 7.94. The predicted octanol–water partition coefficient (Wildman–Crippen LogP) is 2.79. The lowest BCUT2D eigenvalue weighted by Crippen LogP contribution is -2.30. The van der Waals surface area contributed by atoms with Crippen LogP contribution >= 0.6 is 0 Å². The number of anilines is 1. The van der Waals surface area contributed by atoms with Gasteiger partial charge in [0.15, 0.2) is 17.6 Å². The van der Waals surface area contributed by atoms with E-state index in [1.165, 1.54) is 44.4 Å². The molecule has 1 aliphatic rings. The number of halogens is 1. The van der Waals surface area contributed by atoms with Gasteiger partial charge >= 0.3 is 5.97 Å². The highest BCUT2D eigenvalue weighted by atomic mass is 19.1. The van der Waals surface area contributed by atoms with E-state index in [0.717, 1.165) is 0 Å². The van der Waals surface area contributed by atoms with Gasteiger partial charge in [-0.15, -0.1) is 0 Å². The number of benzene rings is 2. The summed E-state index contributed by atoms with van der Waals surface area (Å²) in [5, 5.41) is 2.38. The molecule has 1 amide bonds. The maximum Gasteiger partial charge on any atom is 0.339 e. The number of nitrogens with one attached hydrogen (secondary N) is 1. The van der Waals surface area contributed by atoms with Crippen molar-refractivity contribution in [2.75, 3.05) is 25.6 Å². The van der Waals surface area contributed by atoms with Crippen molar-refractivity contribution in [1.82, 2.24) is 0 Å². The van der Waals surface area contributed by atoms with E-state index in [2.05, 4.69) is 5.32 Å². The first-order chi connectivity index (χ1) is 13.0. The van der Waals surface area contributed by atoms with Crippen molar-refractivity contribution in [2.24, 2.45) is 0 Å². The van der Waals surface area contributed by atoms with Crippen molar-refractivity contribution in [3.05, 3.63) is 47.8 Å². The van der Waals surface area contributed by atoms with Crippen LogP contribution in [0.25, 0.3) is 0 Å². The van der Waals surface area contributed by atoms with Gasteiger partial charge in [0, 0.05) is 0 Å². The molecule has 0 saturated carbocycles. The molecule has 142 valence electrons. The van der Waals surface area contributed by atoms with Crippen molar-refractivity contribution in [3.8, 4) is 17.2 Å². The smallest absolute Gasteiger partial charge is 0.339 e. The zero-order valence-electron chi connectivity index (χ0n) is 14.8. The Morgan fingerprint density at radius 2 is 1.93 bits per heavy atom. The number of esters is 1. The Hall–Kier alpha value is -3.29. The van der Waals surface area contributed by atoms with Crippen LogP contribution < -0.4 is 19.5 Å². The zero-order valence-corrected chi connectivity index (χ0v) is 14.8. The maximum atomic E-state index is 13.6. The lowest BCUT2D eigenvalue weighted by molar-refractivity contribution is -0.123. The Morgan fingerprint density at radius 1 is 1.19 bits per heavy atom. The quantitative estimate of drug-likeness (QED) is 0.809. The minimum atomic E-state index is -1.14. The molecule has 0 saturated heterocycles. The first-order valence-electron chi connectivity index (χ1n) is 8.23. The summed E-state index contributed by atoms with van der Waals surface area (Å²) in [4.78, 5) is 24.6. The minimum absolute atomic E-state index is 0.00592. The summed E-state index contributed by atoms with van der Waals surface area (Å²) in [5.74, 6) is -0.898. The Labute approximate surface area is 155 Å². The van der Waals surface area contributed by atoms with Crippen LogP contribution in [0.5, 0.6) is 17.2 Å². The lowest BCUT2D eigenvalue weighted by atomic mass is 10.1. The van der Waals surface area contributed by atoms with Gasteiger partial charge in [-0.25, -0.2) is 9.18 Å². The first kappa shape index (κ1) is 18.5. The number of fused-ring (bicyclic) bond motifs is 1. The molecule has 0 spiro atoms. The highest BCUT2D eigenvalue weighted by Gasteiger charge is 2.24. The van der Waals surface area contributed by atoms with Gasteiger partial charge in [-0.05, 0) is 31.2 Å². The van der Waals surface area contributed by atoms with Crippen LogP contribution in [0.2, 0.25) is 0 Å².